The molecular formula is C13H11ClN2O3S2. The Morgan fingerprint density at radius 2 is 2.19 bits per heavy atom. The molecule has 0 aliphatic rings. The van der Waals surface area contributed by atoms with Crippen LogP contribution in [0.5, 0.6) is 0 Å². The number of hydrogen-bond donors (Lipinski definition) is 2. The minimum atomic E-state index is -3.85. The number of sulfonamides is 1. The normalized spacial score (nSPS) is 12.8. The summed E-state index contributed by atoms with van der Waals surface area (Å²) in [5.74, 6) is 0. The van der Waals surface area contributed by atoms with Gasteiger partial charge in [-0.05, 0) is 40.6 Å². The lowest BCUT2D eigenvalue weighted by molar-refractivity contribution is 0.182. The second-order valence-corrected chi connectivity index (χ2v) is 7.10. The van der Waals surface area contributed by atoms with E-state index in [1.165, 1.54) is 29.5 Å². The molecule has 1 aromatic heterocycles. The molecule has 0 fully saturated rings. The van der Waals surface area contributed by atoms with Crippen LogP contribution in [0.2, 0.25) is 5.02 Å². The number of aliphatic hydroxyl groups is 1. The Bertz CT molecular complexity index is 767. The average Bonchev–Trinajstić information content (AvgIpc) is 2.98. The van der Waals surface area contributed by atoms with Crippen LogP contribution >= 0.6 is 22.9 Å². The summed E-state index contributed by atoms with van der Waals surface area (Å²) in [6.45, 7) is -0.157. The lowest BCUT2D eigenvalue weighted by Gasteiger charge is -2.12. The van der Waals surface area contributed by atoms with Gasteiger partial charge in [0.1, 0.15) is 4.90 Å². The Morgan fingerprint density at radius 3 is 2.76 bits per heavy atom. The van der Waals surface area contributed by atoms with Gasteiger partial charge >= 0.3 is 0 Å². The molecule has 0 aliphatic heterocycles. The van der Waals surface area contributed by atoms with E-state index in [-0.39, 0.29) is 22.0 Å². The molecule has 0 aliphatic carbocycles. The maximum Gasteiger partial charge on any atom is 0.242 e. The van der Waals surface area contributed by atoms with Gasteiger partial charge in [-0.15, -0.1) is 0 Å². The quantitative estimate of drug-likeness (QED) is 0.872. The largest absolute Gasteiger partial charge is 0.387 e. The van der Waals surface area contributed by atoms with Crippen LogP contribution < -0.4 is 4.72 Å². The monoisotopic (exact) mass is 342 g/mol. The molecule has 1 heterocycles. The van der Waals surface area contributed by atoms with Crippen LogP contribution in [0.15, 0.2) is 39.9 Å². The van der Waals surface area contributed by atoms with E-state index in [1.807, 2.05) is 6.07 Å². The first-order valence-corrected chi connectivity index (χ1v) is 8.64. The van der Waals surface area contributed by atoms with Gasteiger partial charge in [0, 0.05) is 6.54 Å². The third kappa shape index (κ3) is 3.81. The van der Waals surface area contributed by atoms with E-state index in [0.29, 0.717) is 5.56 Å². The molecule has 0 spiro atoms. The average molecular weight is 343 g/mol. The van der Waals surface area contributed by atoms with E-state index in [9.17, 15) is 13.5 Å². The summed E-state index contributed by atoms with van der Waals surface area (Å²) in [5.41, 5.74) is 0.922. The van der Waals surface area contributed by atoms with Crippen LogP contribution in [0, 0.1) is 11.3 Å². The number of nitrogens with one attached hydrogen (secondary N) is 1. The fourth-order valence-electron chi connectivity index (χ4n) is 1.64. The highest BCUT2D eigenvalue weighted by molar-refractivity contribution is 7.89. The van der Waals surface area contributed by atoms with Crippen LogP contribution in [0.3, 0.4) is 0 Å². The maximum atomic E-state index is 12.1. The van der Waals surface area contributed by atoms with Crippen molar-refractivity contribution >= 4 is 33.0 Å². The van der Waals surface area contributed by atoms with Crippen LogP contribution in [-0.2, 0) is 10.0 Å². The topological polar surface area (TPSA) is 90.2 Å². The van der Waals surface area contributed by atoms with E-state index in [4.69, 9.17) is 16.9 Å². The number of hydrogen-bond acceptors (Lipinski definition) is 5. The van der Waals surface area contributed by atoms with Gasteiger partial charge in [-0.3, -0.25) is 0 Å². The molecule has 8 heteroatoms. The predicted molar refractivity (Wildman–Crippen MR) is 80.6 cm³/mol. The Kier molecular flexibility index (Phi) is 4.98. The van der Waals surface area contributed by atoms with Crippen molar-refractivity contribution < 1.29 is 13.5 Å². The van der Waals surface area contributed by atoms with Crippen molar-refractivity contribution in [3.63, 3.8) is 0 Å². The summed E-state index contributed by atoms with van der Waals surface area (Å²) >= 11 is 7.29. The second kappa shape index (κ2) is 6.56. The lowest BCUT2D eigenvalue weighted by Crippen LogP contribution is -2.28. The number of aliphatic hydroxyl groups excluding tert-OH is 1. The number of nitriles is 1. The van der Waals surface area contributed by atoms with Crippen LogP contribution in [0.4, 0.5) is 0 Å². The number of thiophene rings is 1. The molecule has 0 bridgehead atoms. The van der Waals surface area contributed by atoms with E-state index < -0.39 is 16.1 Å². The van der Waals surface area contributed by atoms with Crippen LogP contribution in [0.1, 0.15) is 17.2 Å². The molecular weight excluding hydrogens is 332 g/mol. The second-order valence-electron chi connectivity index (χ2n) is 4.18. The number of benzene rings is 1. The fraction of sp³-hybridized carbons (Fsp3) is 0.154. The Balaban J connectivity index is 2.14. The number of halogens is 1. The van der Waals surface area contributed by atoms with Gasteiger partial charge in [-0.1, -0.05) is 11.6 Å². The van der Waals surface area contributed by atoms with E-state index in [1.54, 1.807) is 16.8 Å². The summed E-state index contributed by atoms with van der Waals surface area (Å²) in [6.07, 6.45) is -0.928. The van der Waals surface area contributed by atoms with E-state index in [0.717, 1.165) is 0 Å². The Morgan fingerprint density at radius 1 is 1.43 bits per heavy atom. The van der Waals surface area contributed by atoms with Crippen molar-refractivity contribution in [2.24, 2.45) is 0 Å². The van der Waals surface area contributed by atoms with Crippen molar-refractivity contribution in [2.75, 3.05) is 6.54 Å². The molecule has 110 valence electrons. The molecule has 0 saturated carbocycles. The molecule has 1 aromatic carbocycles. The van der Waals surface area contributed by atoms with Crippen molar-refractivity contribution in [3.05, 3.63) is 51.2 Å². The van der Waals surface area contributed by atoms with Crippen molar-refractivity contribution in [1.29, 1.82) is 5.26 Å². The standard InChI is InChI=1S/C13H11ClN2O3S2/c14-11-5-9(6-15)1-2-13(11)21(18,19)16-7-12(17)10-3-4-20-8-10/h1-5,8,12,16-17H,7H2. The molecule has 2 aromatic rings. The summed E-state index contributed by atoms with van der Waals surface area (Å²) in [4.78, 5) is -0.124. The third-order valence-corrected chi connectivity index (χ3v) is 5.35. The highest BCUT2D eigenvalue weighted by Crippen LogP contribution is 2.23. The van der Waals surface area contributed by atoms with Crippen molar-refractivity contribution in [3.8, 4) is 6.07 Å². The zero-order chi connectivity index (χ0) is 15.5. The van der Waals surface area contributed by atoms with Crippen LogP contribution in [0.25, 0.3) is 0 Å². The molecule has 0 saturated heterocycles. The first kappa shape index (κ1) is 15.9. The predicted octanol–water partition coefficient (Wildman–Crippen LogP) is 2.29. The molecule has 0 radical (unpaired) electrons. The fourth-order valence-corrected chi connectivity index (χ4v) is 3.93. The summed E-state index contributed by atoms with van der Waals surface area (Å²) in [5, 5.41) is 22.1. The molecule has 2 N–H and O–H groups in total. The molecule has 21 heavy (non-hydrogen) atoms. The van der Waals surface area contributed by atoms with Gasteiger partial charge in [0.2, 0.25) is 10.0 Å². The molecule has 0 amide bonds. The van der Waals surface area contributed by atoms with Gasteiger partial charge in [-0.25, -0.2) is 13.1 Å². The minimum absolute atomic E-state index is 0.0356. The van der Waals surface area contributed by atoms with Gasteiger partial charge < -0.3 is 5.11 Å². The lowest BCUT2D eigenvalue weighted by atomic mass is 10.2. The third-order valence-electron chi connectivity index (χ3n) is 2.75. The molecule has 1 atom stereocenters. The van der Waals surface area contributed by atoms with Gasteiger partial charge in [0.15, 0.2) is 0 Å². The summed E-state index contributed by atoms with van der Waals surface area (Å²) in [6, 6.07) is 7.52. The summed E-state index contributed by atoms with van der Waals surface area (Å²) < 4.78 is 26.6. The Labute approximate surface area is 131 Å². The maximum absolute atomic E-state index is 12.1. The zero-order valence-electron chi connectivity index (χ0n) is 10.7. The first-order chi connectivity index (χ1) is 9.94. The van der Waals surface area contributed by atoms with E-state index >= 15 is 0 Å². The molecule has 1 unspecified atom stereocenters. The van der Waals surface area contributed by atoms with Crippen molar-refractivity contribution in [1.82, 2.24) is 4.72 Å². The van der Waals surface area contributed by atoms with E-state index in [2.05, 4.69) is 4.72 Å². The SMILES string of the molecule is N#Cc1ccc(S(=O)(=O)NCC(O)c2ccsc2)c(Cl)c1. The van der Waals surface area contributed by atoms with Crippen LogP contribution in [-0.4, -0.2) is 20.1 Å². The first-order valence-electron chi connectivity index (χ1n) is 5.83. The van der Waals surface area contributed by atoms with Gasteiger partial charge in [0.25, 0.3) is 0 Å². The highest BCUT2D eigenvalue weighted by atomic mass is 35.5. The number of rotatable bonds is 5. The number of nitrogens with zero attached hydrogens (tertiary/aromatic N) is 1. The summed E-state index contributed by atoms with van der Waals surface area (Å²) in [7, 11) is -3.85. The van der Waals surface area contributed by atoms with Gasteiger partial charge in [0.05, 0.1) is 22.8 Å². The zero-order valence-corrected chi connectivity index (χ0v) is 13.0. The van der Waals surface area contributed by atoms with Crippen molar-refractivity contribution in [2.45, 2.75) is 11.0 Å². The van der Waals surface area contributed by atoms with Gasteiger partial charge in [-0.2, -0.15) is 16.6 Å². The highest BCUT2D eigenvalue weighted by Gasteiger charge is 2.20. The minimum Gasteiger partial charge on any atom is -0.387 e. The smallest absolute Gasteiger partial charge is 0.242 e. The molecule has 5 nitrogen and oxygen atoms in total. The Hall–Kier alpha value is -1.43. The molecule has 2 rings (SSSR count).